The quantitative estimate of drug-likeness (QED) is 0.182. The molecule has 0 atom stereocenters. The van der Waals surface area contributed by atoms with Gasteiger partial charge in [0.05, 0.1) is 0 Å². The largest absolute Gasteiger partial charge is 0.456 e. The van der Waals surface area contributed by atoms with Crippen LogP contribution in [0.15, 0.2) is 168 Å². The van der Waals surface area contributed by atoms with Crippen molar-refractivity contribution in [2.24, 2.45) is 0 Å². The molecule has 1 heterocycles. The minimum absolute atomic E-state index is 0.0408. The summed E-state index contributed by atoms with van der Waals surface area (Å²) in [5.41, 5.74) is 18.3. The molecule has 0 bridgehead atoms. The van der Waals surface area contributed by atoms with Crippen LogP contribution in [0.25, 0.3) is 66.1 Å². The molecule has 9 aromatic rings. The normalized spacial score (nSPS) is 14.6. The molecule has 0 N–H and O–H groups in total. The second kappa shape index (κ2) is 11.1. The SMILES string of the molecule is CC1(C)c2ccccc2-c2ccc(-c3ccc(N(c4ccc5c(c4)C(C)(C)c4ccccc4-5)c4ccc5oc6ccc7ccccc7c6c5c4)cc3)cc21. The van der Waals surface area contributed by atoms with Crippen LogP contribution in [0.4, 0.5) is 17.1 Å². The van der Waals surface area contributed by atoms with Gasteiger partial charge in [0.15, 0.2) is 0 Å². The maximum absolute atomic E-state index is 6.44. The number of nitrogens with zero attached hydrogens (tertiary/aromatic N) is 1. The van der Waals surface area contributed by atoms with Gasteiger partial charge in [0.1, 0.15) is 11.2 Å². The van der Waals surface area contributed by atoms with Gasteiger partial charge in [-0.05, 0) is 121 Å². The molecule has 2 heteroatoms. The molecular weight excluding hydrogens is 655 g/mol. The van der Waals surface area contributed by atoms with Gasteiger partial charge in [-0.2, -0.15) is 0 Å². The molecule has 8 aromatic carbocycles. The first-order valence-electron chi connectivity index (χ1n) is 19.0. The Morgan fingerprint density at radius 2 is 0.926 bits per heavy atom. The van der Waals surface area contributed by atoms with Gasteiger partial charge in [-0.15, -0.1) is 0 Å². The number of rotatable bonds is 4. The molecule has 11 rings (SSSR count). The molecule has 0 aliphatic heterocycles. The van der Waals surface area contributed by atoms with Crippen molar-refractivity contribution in [1.29, 1.82) is 0 Å². The molecule has 0 spiro atoms. The summed E-state index contributed by atoms with van der Waals surface area (Å²) < 4.78 is 6.44. The Labute approximate surface area is 315 Å². The van der Waals surface area contributed by atoms with Gasteiger partial charge < -0.3 is 9.32 Å². The number of anilines is 3. The Balaban J connectivity index is 1.07. The van der Waals surface area contributed by atoms with Crippen LogP contribution in [-0.2, 0) is 10.8 Å². The number of hydrogen-bond donors (Lipinski definition) is 0. The molecule has 2 nitrogen and oxygen atoms in total. The topological polar surface area (TPSA) is 16.4 Å². The third-order valence-electron chi connectivity index (χ3n) is 12.5. The molecule has 54 heavy (non-hydrogen) atoms. The number of furan rings is 1. The van der Waals surface area contributed by atoms with E-state index < -0.39 is 0 Å². The predicted molar refractivity (Wildman–Crippen MR) is 226 cm³/mol. The van der Waals surface area contributed by atoms with E-state index in [0.29, 0.717) is 0 Å². The van der Waals surface area contributed by atoms with Crippen molar-refractivity contribution in [3.05, 3.63) is 186 Å². The van der Waals surface area contributed by atoms with Crippen molar-refractivity contribution >= 4 is 49.8 Å². The van der Waals surface area contributed by atoms with Crippen LogP contribution in [-0.4, -0.2) is 0 Å². The van der Waals surface area contributed by atoms with Gasteiger partial charge in [-0.3, -0.25) is 0 Å². The molecule has 0 amide bonds. The Kier molecular flexibility index (Phi) is 6.39. The van der Waals surface area contributed by atoms with Crippen molar-refractivity contribution in [3.63, 3.8) is 0 Å². The summed E-state index contributed by atoms with van der Waals surface area (Å²) in [4.78, 5) is 2.41. The maximum atomic E-state index is 6.44. The molecule has 0 fully saturated rings. The van der Waals surface area contributed by atoms with Crippen molar-refractivity contribution < 1.29 is 4.42 Å². The van der Waals surface area contributed by atoms with Crippen molar-refractivity contribution in [2.45, 2.75) is 38.5 Å². The van der Waals surface area contributed by atoms with Crippen molar-refractivity contribution in [1.82, 2.24) is 0 Å². The summed E-state index contributed by atoms with van der Waals surface area (Å²) in [6.45, 7) is 9.40. The highest BCUT2D eigenvalue weighted by Gasteiger charge is 2.37. The zero-order chi connectivity index (χ0) is 36.3. The third-order valence-corrected chi connectivity index (χ3v) is 12.5. The summed E-state index contributed by atoms with van der Waals surface area (Å²) in [7, 11) is 0. The second-order valence-electron chi connectivity index (χ2n) is 16.2. The fourth-order valence-corrected chi connectivity index (χ4v) is 9.64. The highest BCUT2D eigenvalue weighted by atomic mass is 16.3. The van der Waals surface area contributed by atoms with E-state index in [1.165, 1.54) is 66.4 Å². The zero-order valence-electron chi connectivity index (χ0n) is 30.9. The van der Waals surface area contributed by atoms with Crippen LogP contribution in [0, 0.1) is 0 Å². The van der Waals surface area contributed by atoms with Gasteiger partial charge in [0.2, 0.25) is 0 Å². The molecule has 2 aliphatic carbocycles. The molecular formula is C52H39NO. The van der Waals surface area contributed by atoms with Gasteiger partial charge in [0.25, 0.3) is 0 Å². The van der Waals surface area contributed by atoms with Gasteiger partial charge in [-0.1, -0.05) is 137 Å². The maximum Gasteiger partial charge on any atom is 0.136 e. The lowest BCUT2D eigenvalue weighted by Crippen LogP contribution is -2.16. The van der Waals surface area contributed by atoms with Crippen LogP contribution in [0.5, 0.6) is 0 Å². The molecule has 0 saturated heterocycles. The first-order valence-corrected chi connectivity index (χ1v) is 19.0. The Morgan fingerprint density at radius 1 is 0.389 bits per heavy atom. The highest BCUT2D eigenvalue weighted by Crippen LogP contribution is 2.52. The number of benzene rings is 8. The van der Waals surface area contributed by atoms with E-state index in [-0.39, 0.29) is 10.8 Å². The minimum atomic E-state index is -0.109. The Bertz CT molecular complexity index is 3000. The molecule has 0 unspecified atom stereocenters. The van der Waals surface area contributed by atoms with Crippen LogP contribution in [0.2, 0.25) is 0 Å². The summed E-state index contributed by atoms with van der Waals surface area (Å²) in [5, 5.41) is 4.70. The van der Waals surface area contributed by atoms with Crippen LogP contribution < -0.4 is 4.90 Å². The van der Waals surface area contributed by atoms with Crippen LogP contribution in [0.1, 0.15) is 49.9 Å². The van der Waals surface area contributed by atoms with Gasteiger partial charge in [-0.25, -0.2) is 0 Å². The third kappa shape index (κ3) is 4.34. The average molecular weight is 694 g/mol. The van der Waals surface area contributed by atoms with E-state index in [1.54, 1.807) is 0 Å². The standard InChI is InChI=1S/C52H39NO/c1-51(2)44-15-9-7-13-39(44)41-25-19-34(29-46(41)51)32-17-21-35(22-18-32)53(37-23-26-42-40-14-8-10-16-45(40)52(3,4)47(42)31-37)36-24-28-48-43(30-36)50-38-12-6-5-11-33(38)20-27-49(50)54-48/h5-31H,1-4H3. The number of hydrogen-bond acceptors (Lipinski definition) is 2. The lowest BCUT2D eigenvalue weighted by atomic mass is 9.81. The van der Waals surface area contributed by atoms with Crippen LogP contribution in [0.3, 0.4) is 0 Å². The second-order valence-corrected chi connectivity index (χ2v) is 16.2. The molecule has 1 aromatic heterocycles. The Morgan fingerprint density at radius 3 is 1.67 bits per heavy atom. The smallest absolute Gasteiger partial charge is 0.136 e. The summed E-state index contributed by atoms with van der Waals surface area (Å²) in [6.07, 6.45) is 0. The van der Waals surface area contributed by atoms with Crippen molar-refractivity contribution in [2.75, 3.05) is 4.90 Å². The summed E-state index contributed by atoms with van der Waals surface area (Å²) in [5.74, 6) is 0. The fourth-order valence-electron chi connectivity index (χ4n) is 9.64. The predicted octanol–water partition coefficient (Wildman–Crippen LogP) is 14.5. The van der Waals surface area contributed by atoms with E-state index in [9.17, 15) is 0 Å². The Hall–Kier alpha value is -6.38. The molecule has 0 saturated carbocycles. The average Bonchev–Trinajstić information content (AvgIpc) is 3.78. The lowest BCUT2D eigenvalue weighted by molar-refractivity contribution is 0.660. The van der Waals surface area contributed by atoms with E-state index in [2.05, 4.69) is 196 Å². The van der Waals surface area contributed by atoms with E-state index in [4.69, 9.17) is 4.42 Å². The highest BCUT2D eigenvalue weighted by molar-refractivity contribution is 6.19. The summed E-state index contributed by atoms with van der Waals surface area (Å²) >= 11 is 0. The lowest BCUT2D eigenvalue weighted by Gasteiger charge is -2.28. The first kappa shape index (κ1) is 31.2. The van der Waals surface area contributed by atoms with E-state index >= 15 is 0 Å². The van der Waals surface area contributed by atoms with E-state index in [0.717, 1.165) is 39.0 Å². The van der Waals surface area contributed by atoms with Crippen LogP contribution >= 0.6 is 0 Å². The zero-order valence-corrected chi connectivity index (χ0v) is 30.9. The van der Waals surface area contributed by atoms with E-state index in [1.807, 2.05) is 0 Å². The first-order chi connectivity index (χ1) is 26.3. The van der Waals surface area contributed by atoms with Gasteiger partial charge >= 0.3 is 0 Å². The molecule has 0 radical (unpaired) electrons. The van der Waals surface area contributed by atoms with Crippen molar-refractivity contribution in [3.8, 4) is 33.4 Å². The monoisotopic (exact) mass is 693 g/mol. The molecule has 2 aliphatic rings. The summed E-state index contributed by atoms with van der Waals surface area (Å²) in [6, 6.07) is 60.4. The fraction of sp³-hybridized carbons (Fsp3) is 0.115. The molecule has 258 valence electrons. The number of fused-ring (bicyclic) bond motifs is 11. The van der Waals surface area contributed by atoms with Gasteiger partial charge in [0, 0.05) is 38.7 Å². The minimum Gasteiger partial charge on any atom is -0.456 e.